The molecule has 3 rings (SSSR count). The number of anilines is 1. The normalized spacial score (nSPS) is 21.5. The van der Waals surface area contributed by atoms with Gasteiger partial charge in [0, 0.05) is 23.0 Å². The van der Waals surface area contributed by atoms with Crippen LogP contribution in [0.3, 0.4) is 0 Å². The minimum absolute atomic E-state index is 0.499. The van der Waals surface area contributed by atoms with Crippen LogP contribution >= 0.6 is 23.4 Å². The molecule has 0 aromatic heterocycles. The van der Waals surface area contributed by atoms with Gasteiger partial charge in [-0.2, -0.15) is 0 Å². The lowest BCUT2D eigenvalue weighted by Crippen LogP contribution is -2.30. The van der Waals surface area contributed by atoms with Crippen molar-refractivity contribution >= 4 is 34.2 Å². The van der Waals surface area contributed by atoms with Crippen molar-refractivity contribution in [2.45, 2.75) is 32.6 Å². The molecule has 0 atom stereocenters. The van der Waals surface area contributed by atoms with E-state index in [0.29, 0.717) is 5.41 Å². The van der Waals surface area contributed by atoms with Crippen molar-refractivity contribution in [3.63, 3.8) is 0 Å². The maximum atomic E-state index is 6.05. The monoisotopic (exact) mass is 294 g/mol. The first-order valence-corrected chi connectivity index (χ1v) is 8.24. The van der Waals surface area contributed by atoms with E-state index < -0.39 is 0 Å². The number of thioether (sulfide) groups is 1. The van der Waals surface area contributed by atoms with Crippen LogP contribution in [0.5, 0.6) is 0 Å². The fourth-order valence-electron chi connectivity index (χ4n) is 2.90. The summed E-state index contributed by atoms with van der Waals surface area (Å²) in [4.78, 5) is 4.76. The van der Waals surface area contributed by atoms with Crippen molar-refractivity contribution in [1.82, 2.24) is 0 Å². The van der Waals surface area contributed by atoms with E-state index in [0.717, 1.165) is 22.4 Å². The second-order valence-electron chi connectivity index (χ2n) is 5.70. The summed E-state index contributed by atoms with van der Waals surface area (Å²) in [6, 6.07) is 5.93. The summed E-state index contributed by atoms with van der Waals surface area (Å²) in [5.74, 6) is 1.21. The highest BCUT2D eigenvalue weighted by Crippen LogP contribution is 2.43. The van der Waals surface area contributed by atoms with Gasteiger partial charge in [0.2, 0.25) is 0 Å². The van der Waals surface area contributed by atoms with Crippen LogP contribution < -0.4 is 5.32 Å². The zero-order valence-electron chi connectivity index (χ0n) is 11.2. The Morgan fingerprint density at radius 3 is 2.79 bits per heavy atom. The van der Waals surface area contributed by atoms with Crippen molar-refractivity contribution in [2.24, 2.45) is 10.4 Å². The van der Waals surface area contributed by atoms with Gasteiger partial charge in [0.05, 0.1) is 0 Å². The fraction of sp³-hybridized carbons (Fsp3) is 0.533. The third-order valence-electron chi connectivity index (χ3n) is 4.18. The van der Waals surface area contributed by atoms with Crippen molar-refractivity contribution in [3.8, 4) is 0 Å². The number of benzene rings is 1. The van der Waals surface area contributed by atoms with E-state index in [1.165, 1.54) is 37.0 Å². The molecule has 1 aromatic carbocycles. The number of halogens is 1. The minimum atomic E-state index is 0.499. The second kappa shape index (κ2) is 5.37. The van der Waals surface area contributed by atoms with Crippen LogP contribution in [0.2, 0.25) is 5.02 Å². The molecule has 1 aliphatic heterocycles. The van der Waals surface area contributed by atoms with E-state index in [9.17, 15) is 0 Å². The van der Waals surface area contributed by atoms with Crippen LogP contribution in [0.4, 0.5) is 5.69 Å². The molecule has 19 heavy (non-hydrogen) atoms. The molecule has 0 bridgehead atoms. The van der Waals surface area contributed by atoms with Gasteiger partial charge in [0.1, 0.15) is 0 Å². The highest BCUT2D eigenvalue weighted by molar-refractivity contribution is 8.14. The van der Waals surface area contributed by atoms with Gasteiger partial charge in [0.25, 0.3) is 0 Å². The molecular formula is C15H19ClN2S. The Kier molecular flexibility index (Phi) is 3.77. The summed E-state index contributed by atoms with van der Waals surface area (Å²) in [5.41, 5.74) is 2.77. The summed E-state index contributed by atoms with van der Waals surface area (Å²) >= 11 is 7.91. The van der Waals surface area contributed by atoms with Crippen LogP contribution in [-0.4, -0.2) is 17.5 Å². The lowest BCUT2D eigenvalue weighted by Gasteiger charge is -2.31. The van der Waals surface area contributed by atoms with E-state index in [4.69, 9.17) is 16.6 Å². The second-order valence-corrected chi connectivity index (χ2v) is 7.10. The first-order valence-electron chi connectivity index (χ1n) is 6.87. The Morgan fingerprint density at radius 2 is 2.11 bits per heavy atom. The molecule has 1 fully saturated rings. The van der Waals surface area contributed by atoms with Gasteiger partial charge >= 0.3 is 0 Å². The average Bonchev–Trinajstić information content (AvgIpc) is 2.85. The summed E-state index contributed by atoms with van der Waals surface area (Å²) in [6.45, 7) is 3.08. The number of nitrogens with zero attached hydrogens (tertiary/aromatic N) is 1. The van der Waals surface area contributed by atoms with Crippen LogP contribution in [-0.2, 0) is 0 Å². The highest BCUT2D eigenvalue weighted by Gasteiger charge is 2.36. The molecule has 1 N–H and O–H groups in total. The summed E-state index contributed by atoms with van der Waals surface area (Å²) < 4.78 is 0. The third kappa shape index (κ3) is 2.92. The van der Waals surface area contributed by atoms with Crippen LogP contribution in [0.15, 0.2) is 23.2 Å². The highest BCUT2D eigenvalue weighted by atomic mass is 35.5. The lowest BCUT2D eigenvalue weighted by atomic mass is 9.89. The van der Waals surface area contributed by atoms with Gasteiger partial charge in [-0.25, -0.2) is 0 Å². The van der Waals surface area contributed by atoms with E-state index in [1.54, 1.807) is 0 Å². The Balaban J connectivity index is 1.71. The number of nitrogens with one attached hydrogen (secondary N) is 1. The average molecular weight is 295 g/mol. The Hall–Kier alpha value is -0.670. The molecule has 2 aliphatic rings. The van der Waals surface area contributed by atoms with Gasteiger partial charge in [-0.15, -0.1) is 0 Å². The van der Waals surface area contributed by atoms with Crippen molar-refractivity contribution in [2.75, 3.05) is 17.6 Å². The minimum Gasteiger partial charge on any atom is -0.335 e. The maximum absolute atomic E-state index is 6.05. The quantitative estimate of drug-likeness (QED) is 0.810. The van der Waals surface area contributed by atoms with Crippen molar-refractivity contribution < 1.29 is 0 Å². The van der Waals surface area contributed by atoms with E-state index in [1.807, 2.05) is 30.0 Å². The van der Waals surface area contributed by atoms with Gasteiger partial charge in [-0.1, -0.05) is 42.3 Å². The Bertz CT molecular complexity index is 507. The zero-order chi connectivity index (χ0) is 13.3. The molecule has 102 valence electrons. The number of aliphatic imine (C=N–C) groups is 1. The van der Waals surface area contributed by atoms with Crippen LogP contribution in [0.1, 0.15) is 31.2 Å². The molecule has 1 spiro atoms. The molecule has 0 amide bonds. The third-order valence-corrected chi connectivity index (χ3v) is 5.67. The van der Waals surface area contributed by atoms with E-state index >= 15 is 0 Å². The molecule has 0 saturated heterocycles. The van der Waals surface area contributed by atoms with E-state index in [-0.39, 0.29) is 0 Å². The summed E-state index contributed by atoms with van der Waals surface area (Å²) in [7, 11) is 0. The first kappa shape index (κ1) is 13.3. The predicted molar refractivity (Wildman–Crippen MR) is 85.5 cm³/mol. The number of hydrogen-bond acceptors (Lipinski definition) is 3. The smallest absolute Gasteiger partial charge is 0.161 e. The van der Waals surface area contributed by atoms with Gasteiger partial charge in [-0.3, -0.25) is 4.99 Å². The van der Waals surface area contributed by atoms with Gasteiger partial charge in [-0.05, 0) is 42.9 Å². The standard InChI is InChI=1S/C15H19ClN2S/c1-11-4-5-12(16)8-13(11)18-14-17-9-15(10-19-14)6-2-3-7-15/h4-5,8H,2-3,6-7,9-10H2,1H3,(H,17,18). The zero-order valence-corrected chi connectivity index (χ0v) is 12.8. The molecule has 2 nitrogen and oxygen atoms in total. The van der Waals surface area contributed by atoms with E-state index in [2.05, 4.69) is 12.2 Å². The van der Waals surface area contributed by atoms with Crippen molar-refractivity contribution in [1.29, 1.82) is 0 Å². The van der Waals surface area contributed by atoms with Crippen molar-refractivity contribution in [3.05, 3.63) is 28.8 Å². The Labute approximate surface area is 124 Å². The molecule has 0 radical (unpaired) electrons. The topological polar surface area (TPSA) is 24.4 Å². The van der Waals surface area contributed by atoms with Crippen LogP contribution in [0, 0.1) is 12.3 Å². The molecular weight excluding hydrogens is 276 g/mol. The number of amidine groups is 1. The summed E-state index contributed by atoms with van der Waals surface area (Å²) in [5, 5.41) is 5.23. The predicted octanol–water partition coefficient (Wildman–Crippen LogP) is 4.72. The largest absolute Gasteiger partial charge is 0.335 e. The molecule has 0 unspecified atom stereocenters. The lowest BCUT2D eigenvalue weighted by molar-refractivity contribution is 0.359. The van der Waals surface area contributed by atoms with Crippen LogP contribution in [0.25, 0.3) is 0 Å². The SMILES string of the molecule is Cc1ccc(Cl)cc1NC1=NCC2(CCCC2)CS1. The number of rotatable bonds is 1. The van der Waals surface area contributed by atoms with Gasteiger partial charge in [0.15, 0.2) is 5.17 Å². The molecule has 4 heteroatoms. The molecule has 1 saturated carbocycles. The molecule has 1 aromatic rings. The number of hydrogen-bond donors (Lipinski definition) is 1. The maximum Gasteiger partial charge on any atom is 0.161 e. The number of aryl methyl sites for hydroxylation is 1. The summed E-state index contributed by atoms with van der Waals surface area (Å²) in [6.07, 6.45) is 5.47. The Morgan fingerprint density at radius 1 is 1.32 bits per heavy atom. The molecule has 1 heterocycles. The van der Waals surface area contributed by atoms with Gasteiger partial charge < -0.3 is 5.32 Å². The fourth-order valence-corrected chi connectivity index (χ4v) is 4.23. The first-order chi connectivity index (χ1) is 9.17. The molecule has 1 aliphatic carbocycles.